The van der Waals surface area contributed by atoms with Crippen LogP contribution in [0.5, 0.6) is 0 Å². The first-order valence-corrected chi connectivity index (χ1v) is 37.7. The van der Waals surface area contributed by atoms with Crippen LogP contribution in [0.4, 0.5) is 0 Å². The van der Waals surface area contributed by atoms with E-state index in [1.807, 2.05) is 21.1 Å². The van der Waals surface area contributed by atoms with Gasteiger partial charge in [0.1, 0.15) is 13.2 Å². The molecule has 9 heteroatoms. The molecule has 3 N–H and O–H groups in total. The molecule has 0 saturated carbocycles. The Hall–Kier alpha value is -1.02. The molecule has 0 aromatic carbocycles. The van der Waals surface area contributed by atoms with E-state index in [1.54, 1.807) is 0 Å². The van der Waals surface area contributed by atoms with Crippen molar-refractivity contribution in [3.05, 3.63) is 24.3 Å². The minimum atomic E-state index is -4.33. The minimum Gasteiger partial charge on any atom is -0.391 e. The number of carbonyl (C=O) groups is 1. The van der Waals surface area contributed by atoms with Gasteiger partial charge in [-0.1, -0.05) is 353 Å². The Labute approximate surface area is 506 Å². The Balaban J connectivity index is 3.94. The summed E-state index contributed by atoms with van der Waals surface area (Å²) in [7, 11) is 1.64. The van der Waals surface area contributed by atoms with Crippen molar-refractivity contribution in [3.63, 3.8) is 0 Å². The number of nitrogens with zero attached hydrogens (tertiary/aromatic N) is 1. The summed E-state index contributed by atoms with van der Waals surface area (Å²) in [5.41, 5.74) is 0. The average molecular weight is 1160 g/mol. The number of carbonyl (C=O) groups excluding carboxylic acids is 1. The van der Waals surface area contributed by atoms with Crippen LogP contribution in [-0.4, -0.2) is 73.4 Å². The number of nitrogens with one attached hydrogen (secondary N) is 1. The summed E-state index contributed by atoms with van der Waals surface area (Å²) in [6.45, 7) is 4.95. The van der Waals surface area contributed by atoms with Gasteiger partial charge in [0.15, 0.2) is 0 Å². The van der Waals surface area contributed by atoms with E-state index in [4.69, 9.17) is 9.05 Å². The molecular weight excluding hydrogens is 1020 g/mol. The number of quaternary nitrogens is 1. The number of phosphoric acid groups is 1. The molecule has 0 heterocycles. The Morgan fingerprint density at radius 3 is 1.01 bits per heavy atom. The number of aliphatic hydroxyl groups excluding tert-OH is 1. The van der Waals surface area contributed by atoms with Crippen LogP contribution in [0.25, 0.3) is 0 Å². The first-order chi connectivity index (χ1) is 39.5. The van der Waals surface area contributed by atoms with Crippen molar-refractivity contribution >= 4 is 13.7 Å². The highest BCUT2D eigenvalue weighted by atomic mass is 31.2. The van der Waals surface area contributed by atoms with Crippen LogP contribution >= 0.6 is 7.82 Å². The van der Waals surface area contributed by atoms with Gasteiger partial charge in [-0.15, -0.1) is 0 Å². The van der Waals surface area contributed by atoms with Gasteiger partial charge in [0.25, 0.3) is 0 Å². The topological polar surface area (TPSA) is 105 Å². The minimum absolute atomic E-state index is 0.0772. The third kappa shape index (κ3) is 66.4. The van der Waals surface area contributed by atoms with Gasteiger partial charge >= 0.3 is 7.82 Å². The second kappa shape index (κ2) is 63.5. The molecule has 0 bridgehead atoms. The molecule has 0 saturated heterocycles. The average Bonchev–Trinajstić information content (AvgIpc) is 3.43. The molecule has 0 aliphatic rings. The van der Waals surface area contributed by atoms with E-state index in [2.05, 4.69) is 43.5 Å². The van der Waals surface area contributed by atoms with E-state index >= 15 is 0 Å². The molecule has 81 heavy (non-hydrogen) atoms. The second-order valence-electron chi connectivity index (χ2n) is 26.3. The van der Waals surface area contributed by atoms with E-state index in [0.717, 1.165) is 44.9 Å². The summed E-state index contributed by atoms with van der Waals surface area (Å²) in [6.07, 6.45) is 82.9. The summed E-state index contributed by atoms with van der Waals surface area (Å²) in [4.78, 5) is 23.5. The molecule has 0 fully saturated rings. The SMILES string of the molecule is CCCCCCCCCCCCCCC/C=C\C/C=C\CCCCCCCCCCCCCCCCCCCC(=O)NC(COP(=O)(O)OCC[N+](C)(C)C)C(O)CCCCCCCCCCCCCCCCCCCCCCCC. The first kappa shape index (κ1) is 80.0. The van der Waals surface area contributed by atoms with Gasteiger partial charge in [-0.3, -0.25) is 13.8 Å². The third-order valence-electron chi connectivity index (χ3n) is 17.0. The highest BCUT2D eigenvalue weighted by Gasteiger charge is 2.28. The predicted molar refractivity (Wildman–Crippen MR) is 355 cm³/mol. The number of likely N-dealkylation sites (N-methyl/N-ethyl adjacent to an activating group) is 1. The van der Waals surface area contributed by atoms with Crippen molar-refractivity contribution < 1.29 is 32.9 Å². The van der Waals surface area contributed by atoms with Crippen molar-refractivity contribution in [3.8, 4) is 0 Å². The zero-order chi connectivity index (χ0) is 59.1. The van der Waals surface area contributed by atoms with Gasteiger partial charge in [0.2, 0.25) is 5.91 Å². The van der Waals surface area contributed by atoms with Crippen molar-refractivity contribution in [2.24, 2.45) is 0 Å². The Morgan fingerprint density at radius 1 is 0.420 bits per heavy atom. The van der Waals surface area contributed by atoms with Crippen LogP contribution < -0.4 is 5.32 Å². The lowest BCUT2D eigenvalue weighted by atomic mass is 10.0. The molecule has 482 valence electrons. The predicted octanol–water partition coefficient (Wildman–Crippen LogP) is 23.1. The zero-order valence-corrected chi connectivity index (χ0v) is 56.2. The summed E-state index contributed by atoms with van der Waals surface area (Å²) in [5, 5.41) is 14.1. The number of unbranched alkanes of at least 4 members (excludes halogenated alkanes) is 51. The molecule has 1 amide bonds. The lowest BCUT2D eigenvalue weighted by Crippen LogP contribution is -2.46. The number of hydrogen-bond donors (Lipinski definition) is 3. The highest BCUT2D eigenvalue weighted by Crippen LogP contribution is 2.43. The van der Waals surface area contributed by atoms with Crippen LogP contribution in [0.2, 0.25) is 0 Å². The van der Waals surface area contributed by atoms with Crippen molar-refractivity contribution in [2.45, 2.75) is 392 Å². The van der Waals surface area contributed by atoms with Gasteiger partial charge in [0.05, 0.1) is 39.9 Å². The Bertz CT molecular complexity index is 1370. The number of allylic oxidation sites excluding steroid dienone is 4. The number of aliphatic hydroxyl groups is 1. The van der Waals surface area contributed by atoms with Crippen molar-refractivity contribution in [2.75, 3.05) is 40.9 Å². The summed E-state index contributed by atoms with van der Waals surface area (Å²) < 4.78 is 23.9. The lowest BCUT2D eigenvalue weighted by molar-refractivity contribution is -0.870. The summed E-state index contributed by atoms with van der Waals surface area (Å²) >= 11 is 0. The number of phosphoric ester groups is 1. The molecule has 0 rings (SSSR count). The van der Waals surface area contributed by atoms with Gasteiger partial charge in [-0.25, -0.2) is 4.57 Å². The molecule has 3 unspecified atom stereocenters. The number of amides is 1. The fourth-order valence-electron chi connectivity index (χ4n) is 11.3. The van der Waals surface area contributed by atoms with Crippen molar-refractivity contribution in [1.29, 1.82) is 0 Å². The quantitative estimate of drug-likeness (QED) is 0.0243. The van der Waals surface area contributed by atoms with Gasteiger partial charge in [0, 0.05) is 6.42 Å². The van der Waals surface area contributed by atoms with E-state index in [0.29, 0.717) is 23.9 Å². The van der Waals surface area contributed by atoms with Crippen LogP contribution in [0.15, 0.2) is 24.3 Å². The summed E-state index contributed by atoms with van der Waals surface area (Å²) in [5.74, 6) is -0.136. The fourth-order valence-corrected chi connectivity index (χ4v) is 12.1. The van der Waals surface area contributed by atoms with Crippen LogP contribution in [0, 0.1) is 0 Å². The standard InChI is InChI=1S/C72H143N2O6P/c1-6-8-10-12-14-16-18-20-22-24-26-28-30-31-32-33-34-35-36-37-38-39-40-41-42-43-44-46-48-50-52-54-56-58-60-62-64-66-72(76)73-70(69-80-81(77,78)79-68-67-74(3,4)5)71(75)65-63-61-59-57-55-53-51-49-47-45-29-27-25-23-21-19-17-15-13-11-9-7-2/h32-33,35-36,70-71,75H,6-31,34,37-69H2,1-5H3,(H-,73,76,77,78)/p+1/b33-32-,36-35-. The molecular formula is C72H144N2O6P+. The molecule has 0 spiro atoms. The van der Waals surface area contributed by atoms with Crippen LogP contribution in [0.1, 0.15) is 380 Å². The Kier molecular flexibility index (Phi) is 62.7. The Morgan fingerprint density at radius 2 is 0.704 bits per heavy atom. The normalized spacial score (nSPS) is 13.7. The smallest absolute Gasteiger partial charge is 0.391 e. The van der Waals surface area contributed by atoms with Crippen LogP contribution in [0.3, 0.4) is 0 Å². The maximum absolute atomic E-state index is 13.1. The molecule has 0 aliphatic heterocycles. The molecule has 8 nitrogen and oxygen atoms in total. The molecule has 0 aromatic rings. The van der Waals surface area contributed by atoms with Crippen molar-refractivity contribution in [1.82, 2.24) is 5.32 Å². The largest absolute Gasteiger partial charge is 0.472 e. The van der Waals surface area contributed by atoms with Crippen LogP contribution in [-0.2, 0) is 18.4 Å². The van der Waals surface area contributed by atoms with E-state index in [-0.39, 0.29) is 19.1 Å². The lowest BCUT2D eigenvalue weighted by Gasteiger charge is -2.26. The molecule has 0 radical (unpaired) electrons. The zero-order valence-electron chi connectivity index (χ0n) is 55.3. The maximum atomic E-state index is 13.1. The van der Waals surface area contributed by atoms with Gasteiger partial charge < -0.3 is 19.8 Å². The monoisotopic (exact) mass is 1160 g/mol. The van der Waals surface area contributed by atoms with E-state index in [1.165, 1.54) is 308 Å². The van der Waals surface area contributed by atoms with Gasteiger partial charge in [-0.05, 0) is 44.9 Å². The second-order valence-corrected chi connectivity index (χ2v) is 27.8. The number of hydrogen-bond acceptors (Lipinski definition) is 5. The first-order valence-electron chi connectivity index (χ1n) is 36.2. The fraction of sp³-hybridized carbons (Fsp3) is 0.931. The molecule has 0 aromatic heterocycles. The number of rotatable bonds is 68. The summed E-state index contributed by atoms with van der Waals surface area (Å²) in [6, 6.07) is -0.760. The highest BCUT2D eigenvalue weighted by molar-refractivity contribution is 7.47. The third-order valence-corrected chi connectivity index (χ3v) is 17.9. The van der Waals surface area contributed by atoms with Gasteiger partial charge in [-0.2, -0.15) is 0 Å². The molecule has 0 aliphatic carbocycles. The van der Waals surface area contributed by atoms with E-state index < -0.39 is 20.0 Å². The maximum Gasteiger partial charge on any atom is 0.472 e. The molecule has 3 atom stereocenters. The van der Waals surface area contributed by atoms with E-state index in [9.17, 15) is 19.4 Å².